The van der Waals surface area contributed by atoms with E-state index in [1.807, 2.05) is 4.57 Å². The summed E-state index contributed by atoms with van der Waals surface area (Å²) in [5.41, 5.74) is 0.882. The second kappa shape index (κ2) is 6.21. The van der Waals surface area contributed by atoms with E-state index in [9.17, 15) is 8.42 Å². The highest BCUT2D eigenvalue weighted by Gasteiger charge is 2.30. The van der Waals surface area contributed by atoms with Crippen LogP contribution >= 0.6 is 0 Å². The minimum atomic E-state index is -3.69. The summed E-state index contributed by atoms with van der Waals surface area (Å²) >= 11 is 0. The fraction of sp³-hybridized carbons (Fsp3) is 0.400. The Balaban J connectivity index is 2.01. The van der Waals surface area contributed by atoms with Crippen molar-refractivity contribution >= 4 is 10.0 Å². The Hall–Kier alpha value is -2.06. The molecule has 8 heteroatoms. The number of aryl methyl sites for hydroxylation is 1. The molecule has 1 aromatic carbocycles. The molecular formula is C15H19N3O4S. The highest BCUT2D eigenvalue weighted by atomic mass is 32.2. The molecule has 0 amide bonds. The second-order valence-electron chi connectivity index (χ2n) is 5.29. The molecule has 0 N–H and O–H groups in total. The topological polar surface area (TPSA) is 73.7 Å². The summed E-state index contributed by atoms with van der Waals surface area (Å²) in [6.45, 7) is 1.50. The van der Waals surface area contributed by atoms with Gasteiger partial charge in [0.05, 0.1) is 32.8 Å². The average Bonchev–Trinajstić information content (AvgIpc) is 2.90. The molecule has 1 aromatic heterocycles. The van der Waals surface area contributed by atoms with E-state index < -0.39 is 10.0 Å². The van der Waals surface area contributed by atoms with E-state index in [2.05, 4.69) is 4.98 Å². The summed E-state index contributed by atoms with van der Waals surface area (Å²) in [5.74, 6) is 0.785. The van der Waals surface area contributed by atoms with E-state index in [0.29, 0.717) is 24.6 Å². The van der Waals surface area contributed by atoms with Gasteiger partial charge in [0.25, 0.3) is 0 Å². The number of benzene rings is 1. The van der Waals surface area contributed by atoms with Crippen molar-refractivity contribution in [3.8, 4) is 11.5 Å². The van der Waals surface area contributed by atoms with Gasteiger partial charge in [-0.2, -0.15) is 4.31 Å². The standard InChI is InChI=1S/C15H19N3O4S/c1-21-13-4-5-14(22-2)15(8-13)23(19,20)18-7-3-6-17-11-16-9-12(17)10-18/h4-5,8-9,11H,3,6-7,10H2,1-2H3. The van der Waals surface area contributed by atoms with Crippen molar-refractivity contribution in [3.63, 3.8) is 0 Å². The van der Waals surface area contributed by atoms with Crippen LogP contribution in [-0.2, 0) is 23.1 Å². The Kier molecular flexibility index (Phi) is 4.27. The molecule has 0 saturated heterocycles. The lowest BCUT2D eigenvalue weighted by molar-refractivity contribution is 0.380. The first-order chi connectivity index (χ1) is 11.1. The Labute approximate surface area is 135 Å². The van der Waals surface area contributed by atoms with Gasteiger partial charge < -0.3 is 14.0 Å². The zero-order valence-electron chi connectivity index (χ0n) is 13.1. The monoisotopic (exact) mass is 337 g/mol. The van der Waals surface area contributed by atoms with E-state index in [-0.39, 0.29) is 4.90 Å². The van der Waals surface area contributed by atoms with Crippen LogP contribution in [0.1, 0.15) is 12.1 Å². The van der Waals surface area contributed by atoms with Gasteiger partial charge in [0.15, 0.2) is 0 Å². The number of imidazole rings is 1. The Morgan fingerprint density at radius 3 is 2.74 bits per heavy atom. The Morgan fingerprint density at radius 2 is 2.00 bits per heavy atom. The smallest absolute Gasteiger partial charge is 0.247 e. The first kappa shape index (κ1) is 15.8. The van der Waals surface area contributed by atoms with E-state index >= 15 is 0 Å². The molecular weight excluding hydrogens is 318 g/mol. The molecule has 1 aliphatic rings. The van der Waals surface area contributed by atoms with Crippen LogP contribution < -0.4 is 9.47 Å². The van der Waals surface area contributed by atoms with Gasteiger partial charge >= 0.3 is 0 Å². The zero-order valence-corrected chi connectivity index (χ0v) is 13.9. The lowest BCUT2D eigenvalue weighted by Gasteiger charge is -2.21. The molecule has 0 fully saturated rings. The molecule has 1 aliphatic heterocycles. The van der Waals surface area contributed by atoms with Crippen LogP contribution in [0.4, 0.5) is 0 Å². The largest absolute Gasteiger partial charge is 0.497 e. The fourth-order valence-corrected chi connectivity index (χ4v) is 4.31. The first-order valence-electron chi connectivity index (χ1n) is 7.27. The number of nitrogens with zero attached hydrogens (tertiary/aromatic N) is 3. The minimum Gasteiger partial charge on any atom is -0.497 e. The zero-order chi connectivity index (χ0) is 16.4. The lowest BCUT2D eigenvalue weighted by atomic mass is 10.3. The van der Waals surface area contributed by atoms with Crippen LogP contribution in [0.2, 0.25) is 0 Å². The Bertz CT molecular complexity index is 801. The SMILES string of the molecule is COc1ccc(OC)c(S(=O)(=O)N2CCCn3cncc3C2)c1. The molecule has 23 heavy (non-hydrogen) atoms. The van der Waals surface area contributed by atoms with Gasteiger partial charge in [-0.25, -0.2) is 13.4 Å². The van der Waals surface area contributed by atoms with E-state index in [4.69, 9.17) is 9.47 Å². The maximum absolute atomic E-state index is 13.1. The molecule has 0 spiro atoms. The number of hydrogen-bond acceptors (Lipinski definition) is 5. The molecule has 0 radical (unpaired) electrons. The number of rotatable bonds is 4. The van der Waals surface area contributed by atoms with Gasteiger partial charge in [0, 0.05) is 25.4 Å². The molecule has 7 nitrogen and oxygen atoms in total. The fourth-order valence-electron chi connectivity index (χ4n) is 2.69. The number of sulfonamides is 1. The molecule has 0 saturated carbocycles. The molecule has 124 valence electrons. The van der Waals surface area contributed by atoms with E-state index in [0.717, 1.165) is 18.7 Å². The molecule has 0 bridgehead atoms. The van der Waals surface area contributed by atoms with Crippen molar-refractivity contribution < 1.29 is 17.9 Å². The van der Waals surface area contributed by atoms with Gasteiger partial charge in [-0.05, 0) is 18.6 Å². The highest BCUT2D eigenvalue weighted by Crippen LogP contribution is 2.31. The maximum atomic E-state index is 13.1. The summed E-state index contributed by atoms with van der Waals surface area (Å²) in [6, 6.07) is 4.78. The number of fused-ring (bicyclic) bond motifs is 1. The quantitative estimate of drug-likeness (QED) is 0.845. The maximum Gasteiger partial charge on any atom is 0.247 e. The van der Waals surface area contributed by atoms with Gasteiger partial charge in [-0.3, -0.25) is 0 Å². The van der Waals surface area contributed by atoms with E-state index in [1.165, 1.54) is 24.6 Å². The molecule has 2 aromatic rings. The number of aromatic nitrogens is 2. The predicted octanol–water partition coefficient (Wildman–Crippen LogP) is 1.49. The van der Waals surface area contributed by atoms with Crippen LogP contribution in [0.25, 0.3) is 0 Å². The number of ether oxygens (including phenoxy) is 2. The number of hydrogen-bond donors (Lipinski definition) is 0. The van der Waals surface area contributed by atoms with Crippen molar-refractivity contribution in [1.82, 2.24) is 13.9 Å². The van der Waals surface area contributed by atoms with Crippen molar-refractivity contribution in [2.24, 2.45) is 0 Å². The van der Waals surface area contributed by atoms with Crippen molar-refractivity contribution in [3.05, 3.63) is 36.4 Å². The summed E-state index contributed by atoms with van der Waals surface area (Å²) in [7, 11) is -0.735. The predicted molar refractivity (Wildman–Crippen MR) is 84.0 cm³/mol. The third-order valence-corrected chi connectivity index (χ3v) is 5.80. The van der Waals surface area contributed by atoms with Crippen LogP contribution in [0.15, 0.2) is 35.6 Å². The molecule has 0 atom stereocenters. The molecule has 0 aliphatic carbocycles. The molecule has 2 heterocycles. The van der Waals surface area contributed by atoms with Gasteiger partial charge in [0.1, 0.15) is 16.4 Å². The van der Waals surface area contributed by atoms with E-state index in [1.54, 1.807) is 24.7 Å². The first-order valence-corrected chi connectivity index (χ1v) is 8.71. The summed E-state index contributed by atoms with van der Waals surface area (Å²) in [5, 5.41) is 0. The minimum absolute atomic E-state index is 0.118. The van der Waals surface area contributed by atoms with Crippen molar-refractivity contribution in [1.29, 1.82) is 0 Å². The Morgan fingerprint density at radius 1 is 1.17 bits per heavy atom. The summed E-state index contributed by atoms with van der Waals surface area (Å²) < 4.78 is 40.0. The van der Waals surface area contributed by atoms with Crippen LogP contribution in [0, 0.1) is 0 Å². The normalized spacial score (nSPS) is 15.7. The van der Waals surface area contributed by atoms with Gasteiger partial charge in [-0.1, -0.05) is 0 Å². The second-order valence-corrected chi connectivity index (χ2v) is 7.19. The lowest BCUT2D eigenvalue weighted by Crippen LogP contribution is -2.31. The average molecular weight is 337 g/mol. The summed E-state index contributed by atoms with van der Waals surface area (Å²) in [6.07, 6.45) is 4.17. The molecule has 0 unspecified atom stereocenters. The third kappa shape index (κ3) is 2.91. The van der Waals surface area contributed by atoms with Crippen LogP contribution in [-0.4, -0.2) is 43.0 Å². The number of methoxy groups -OCH3 is 2. The summed E-state index contributed by atoms with van der Waals surface area (Å²) in [4.78, 5) is 4.21. The molecule has 3 rings (SSSR count). The van der Waals surface area contributed by atoms with Crippen LogP contribution in [0.5, 0.6) is 11.5 Å². The van der Waals surface area contributed by atoms with Crippen molar-refractivity contribution in [2.45, 2.75) is 24.4 Å². The van der Waals surface area contributed by atoms with Crippen LogP contribution in [0.3, 0.4) is 0 Å². The van der Waals surface area contributed by atoms with Crippen molar-refractivity contribution in [2.75, 3.05) is 20.8 Å². The highest BCUT2D eigenvalue weighted by molar-refractivity contribution is 7.89. The van der Waals surface area contributed by atoms with Gasteiger partial charge in [0.2, 0.25) is 10.0 Å². The third-order valence-electron chi connectivity index (χ3n) is 3.93. The van der Waals surface area contributed by atoms with Gasteiger partial charge in [-0.15, -0.1) is 0 Å².